The zero-order chi connectivity index (χ0) is 8.32. The first-order valence-corrected chi connectivity index (χ1v) is 3.93. The second-order valence-corrected chi connectivity index (χ2v) is 2.60. The first kappa shape index (κ1) is 8.33. The van der Waals surface area contributed by atoms with Gasteiger partial charge in [0, 0.05) is 0 Å². The predicted octanol–water partition coefficient (Wildman–Crippen LogP) is 1.50. The van der Waals surface area contributed by atoms with Crippen LogP contribution in [0.4, 0.5) is 0 Å². The Morgan fingerprint density at radius 2 is 2.00 bits per heavy atom. The Labute approximate surface area is 67.0 Å². The lowest BCUT2D eigenvalue weighted by atomic mass is 10.3. The van der Waals surface area contributed by atoms with E-state index in [1.165, 1.54) is 6.34 Å². The molecule has 1 unspecified atom stereocenters. The molecule has 11 heavy (non-hydrogen) atoms. The van der Waals surface area contributed by atoms with Crippen molar-refractivity contribution in [2.75, 3.05) is 13.1 Å². The molecule has 0 amide bonds. The van der Waals surface area contributed by atoms with Crippen LogP contribution in [0.5, 0.6) is 0 Å². The third-order valence-electron chi connectivity index (χ3n) is 1.96. The first-order valence-electron chi connectivity index (χ1n) is 3.93. The van der Waals surface area contributed by atoms with Crippen molar-refractivity contribution in [1.82, 2.24) is 4.90 Å². The zero-order valence-corrected chi connectivity index (χ0v) is 7.28. The number of hydrogen-bond donors (Lipinski definition) is 0. The molecule has 0 aliphatic carbocycles. The summed E-state index contributed by atoms with van der Waals surface area (Å²) in [4.78, 5) is 6.33. The maximum Gasteiger partial charge on any atom is 0.225 e. The molecule has 1 heterocycles. The predicted molar refractivity (Wildman–Crippen MR) is 44.7 cm³/mol. The van der Waals surface area contributed by atoms with E-state index in [2.05, 4.69) is 34.0 Å². The summed E-state index contributed by atoms with van der Waals surface area (Å²) in [5.41, 5.74) is 0. The lowest BCUT2D eigenvalue weighted by Crippen LogP contribution is -2.41. The standard InChI is InChI=1S/C7H14N4/c1-4-11(5-2)7(3)8-6-9-10-7/h6H,4-5H2,1-3H3. The summed E-state index contributed by atoms with van der Waals surface area (Å²) in [6, 6.07) is 0. The Kier molecular flexibility index (Phi) is 2.34. The zero-order valence-electron chi connectivity index (χ0n) is 7.28. The minimum absolute atomic E-state index is 0.427. The molecule has 4 heteroatoms. The Hall–Kier alpha value is -0.770. The Morgan fingerprint density at radius 3 is 2.36 bits per heavy atom. The molecule has 0 aromatic heterocycles. The third kappa shape index (κ3) is 1.45. The van der Waals surface area contributed by atoms with Crippen molar-refractivity contribution in [3.8, 4) is 0 Å². The van der Waals surface area contributed by atoms with E-state index in [0.29, 0.717) is 0 Å². The van der Waals surface area contributed by atoms with Crippen LogP contribution in [-0.2, 0) is 0 Å². The molecule has 1 atom stereocenters. The highest BCUT2D eigenvalue weighted by Gasteiger charge is 2.30. The van der Waals surface area contributed by atoms with Gasteiger partial charge in [-0.05, 0) is 20.0 Å². The molecule has 0 N–H and O–H groups in total. The molecule has 62 valence electrons. The molecule has 0 radical (unpaired) electrons. The van der Waals surface area contributed by atoms with Gasteiger partial charge in [0.25, 0.3) is 0 Å². The van der Waals surface area contributed by atoms with Crippen LogP contribution < -0.4 is 0 Å². The van der Waals surface area contributed by atoms with E-state index in [0.717, 1.165) is 13.1 Å². The van der Waals surface area contributed by atoms with Crippen molar-refractivity contribution in [2.24, 2.45) is 15.2 Å². The van der Waals surface area contributed by atoms with E-state index in [4.69, 9.17) is 0 Å². The minimum atomic E-state index is -0.427. The van der Waals surface area contributed by atoms with Crippen LogP contribution in [0.3, 0.4) is 0 Å². The minimum Gasteiger partial charge on any atom is -0.260 e. The monoisotopic (exact) mass is 154 g/mol. The lowest BCUT2D eigenvalue weighted by Gasteiger charge is -2.29. The molecule has 0 fully saturated rings. The van der Waals surface area contributed by atoms with Crippen molar-refractivity contribution >= 4 is 6.34 Å². The van der Waals surface area contributed by atoms with E-state index in [-0.39, 0.29) is 0 Å². The molecule has 4 nitrogen and oxygen atoms in total. The van der Waals surface area contributed by atoms with E-state index >= 15 is 0 Å². The summed E-state index contributed by atoms with van der Waals surface area (Å²) in [6.45, 7) is 8.05. The fraction of sp³-hybridized carbons (Fsp3) is 0.857. The largest absolute Gasteiger partial charge is 0.260 e. The van der Waals surface area contributed by atoms with Gasteiger partial charge in [-0.3, -0.25) is 4.90 Å². The van der Waals surface area contributed by atoms with Gasteiger partial charge >= 0.3 is 0 Å². The number of azo groups is 1. The topological polar surface area (TPSA) is 40.3 Å². The summed E-state index contributed by atoms with van der Waals surface area (Å²) in [6.07, 6.45) is 1.51. The maximum absolute atomic E-state index is 4.18. The van der Waals surface area contributed by atoms with Gasteiger partial charge in [-0.25, -0.2) is 4.99 Å². The molecule has 0 spiro atoms. The fourth-order valence-corrected chi connectivity index (χ4v) is 1.26. The van der Waals surface area contributed by atoms with Gasteiger partial charge in [-0.15, -0.1) is 10.2 Å². The van der Waals surface area contributed by atoms with Crippen molar-refractivity contribution in [2.45, 2.75) is 26.6 Å². The van der Waals surface area contributed by atoms with Gasteiger partial charge in [0.15, 0.2) is 0 Å². The average molecular weight is 154 g/mol. The molecule has 1 rings (SSSR count). The number of rotatable bonds is 3. The summed E-state index contributed by atoms with van der Waals surface area (Å²) in [5, 5.41) is 7.78. The number of aliphatic imine (C=N–C) groups is 1. The molecule has 0 aromatic carbocycles. The molecule has 0 saturated heterocycles. The van der Waals surface area contributed by atoms with Crippen LogP contribution in [0.2, 0.25) is 0 Å². The molecule has 0 saturated carbocycles. The average Bonchev–Trinajstić information content (AvgIpc) is 2.39. The van der Waals surface area contributed by atoms with Crippen molar-refractivity contribution < 1.29 is 0 Å². The SMILES string of the molecule is CCN(CC)C1(C)N=CN=N1. The van der Waals surface area contributed by atoms with Crippen molar-refractivity contribution in [3.05, 3.63) is 0 Å². The third-order valence-corrected chi connectivity index (χ3v) is 1.96. The molecular weight excluding hydrogens is 140 g/mol. The molecule has 0 aromatic rings. The first-order chi connectivity index (χ1) is 5.23. The number of nitrogens with zero attached hydrogens (tertiary/aromatic N) is 4. The van der Waals surface area contributed by atoms with Gasteiger partial charge < -0.3 is 0 Å². The second kappa shape index (κ2) is 3.09. The fourth-order valence-electron chi connectivity index (χ4n) is 1.26. The van der Waals surface area contributed by atoms with Gasteiger partial charge in [0.05, 0.1) is 0 Å². The highest BCUT2D eigenvalue weighted by atomic mass is 15.5. The molecular formula is C7H14N4. The van der Waals surface area contributed by atoms with E-state index in [1.54, 1.807) is 0 Å². The summed E-state index contributed by atoms with van der Waals surface area (Å²) in [7, 11) is 0. The summed E-state index contributed by atoms with van der Waals surface area (Å²) >= 11 is 0. The normalized spacial score (nSPS) is 28.7. The molecule has 1 aliphatic heterocycles. The van der Waals surface area contributed by atoms with E-state index < -0.39 is 5.79 Å². The van der Waals surface area contributed by atoms with Crippen LogP contribution in [0.25, 0.3) is 0 Å². The van der Waals surface area contributed by atoms with E-state index in [9.17, 15) is 0 Å². The van der Waals surface area contributed by atoms with Crippen LogP contribution >= 0.6 is 0 Å². The van der Waals surface area contributed by atoms with Gasteiger partial charge in [0.1, 0.15) is 6.34 Å². The van der Waals surface area contributed by atoms with Gasteiger partial charge in [-0.1, -0.05) is 13.8 Å². The Balaban J connectivity index is 2.70. The Bertz CT molecular complexity index is 169. The van der Waals surface area contributed by atoms with Gasteiger partial charge in [-0.2, -0.15) is 0 Å². The number of hydrogen-bond acceptors (Lipinski definition) is 4. The highest BCUT2D eigenvalue weighted by Crippen LogP contribution is 2.21. The smallest absolute Gasteiger partial charge is 0.225 e. The quantitative estimate of drug-likeness (QED) is 0.607. The van der Waals surface area contributed by atoms with Crippen molar-refractivity contribution in [1.29, 1.82) is 0 Å². The summed E-state index contributed by atoms with van der Waals surface area (Å²) < 4.78 is 0. The molecule has 1 aliphatic rings. The highest BCUT2D eigenvalue weighted by molar-refractivity contribution is 5.56. The second-order valence-electron chi connectivity index (χ2n) is 2.60. The van der Waals surface area contributed by atoms with Crippen LogP contribution in [0, 0.1) is 0 Å². The molecule has 0 bridgehead atoms. The van der Waals surface area contributed by atoms with Crippen LogP contribution in [0.15, 0.2) is 15.2 Å². The van der Waals surface area contributed by atoms with Crippen LogP contribution in [0.1, 0.15) is 20.8 Å². The van der Waals surface area contributed by atoms with Crippen molar-refractivity contribution in [3.63, 3.8) is 0 Å². The maximum atomic E-state index is 4.18. The van der Waals surface area contributed by atoms with Crippen LogP contribution in [-0.4, -0.2) is 30.1 Å². The van der Waals surface area contributed by atoms with E-state index in [1.807, 2.05) is 6.92 Å². The summed E-state index contributed by atoms with van der Waals surface area (Å²) in [5.74, 6) is -0.427. The lowest BCUT2D eigenvalue weighted by molar-refractivity contribution is 0.134. The Morgan fingerprint density at radius 1 is 1.36 bits per heavy atom. The van der Waals surface area contributed by atoms with Gasteiger partial charge in [0.2, 0.25) is 5.79 Å².